The number of hydrogen-bond donors (Lipinski definition) is 1. The second-order valence-electron chi connectivity index (χ2n) is 3.61. The van der Waals surface area contributed by atoms with Crippen molar-refractivity contribution >= 4 is 29.0 Å². The molecule has 1 aliphatic rings. The molecule has 0 saturated heterocycles. The van der Waals surface area contributed by atoms with Crippen LogP contribution in [0.4, 0.5) is 0 Å². The van der Waals surface area contributed by atoms with E-state index in [-0.39, 0.29) is 11.8 Å². The fraction of sp³-hybridized carbons (Fsp3) is 0.333. The number of thiophene rings is 1. The third kappa shape index (κ3) is 2.54. The van der Waals surface area contributed by atoms with Crippen LogP contribution in [0.2, 0.25) is 0 Å². The Bertz CT molecular complexity index is 485. The van der Waals surface area contributed by atoms with Gasteiger partial charge in [-0.2, -0.15) is 5.26 Å². The number of amides is 1. The summed E-state index contributed by atoms with van der Waals surface area (Å²) in [5.41, 5.74) is 0.693. The fourth-order valence-corrected chi connectivity index (χ4v) is 3.46. The highest BCUT2D eigenvalue weighted by molar-refractivity contribution is 8.03. The molecule has 17 heavy (non-hydrogen) atoms. The van der Waals surface area contributed by atoms with Gasteiger partial charge in [-0.3, -0.25) is 4.79 Å². The van der Waals surface area contributed by atoms with E-state index >= 15 is 0 Å². The Morgan fingerprint density at radius 1 is 1.71 bits per heavy atom. The molecule has 1 aromatic heterocycles. The molecule has 2 rings (SSSR count). The molecule has 0 spiro atoms. The Kier molecular flexibility index (Phi) is 3.87. The maximum atomic E-state index is 11.7. The molecule has 88 valence electrons. The first-order valence-corrected chi connectivity index (χ1v) is 7.23. The van der Waals surface area contributed by atoms with Crippen LogP contribution in [0, 0.1) is 11.3 Å². The predicted octanol–water partition coefficient (Wildman–Crippen LogP) is 2.84. The number of nitriles is 1. The summed E-state index contributed by atoms with van der Waals surface area (Å²) >= 11 is 3.12. The van der Waals surface area contributed by atoms with Crippen molar-refractivity contribution in [2.75, 3.05) is 5.75 Å². The number of hydrogen-bond acceptors (Lipinski definition) is 4. The third-order valence-electron chi connectivity index (χ3n) is 2.53. The van der Waals surface area contributed by atoms with Gasteiger partial charge < -0.3 is 5.32 Å². The van der Waals surface area contributed by atoms with Crippen LogP contribution < -0.4 is 5.32 Å². The lowest BCUT2D eigenvalue weighted by Crippen LogP contribution is -2.30. The zero-order valence-corrected chi connectivity index (χ0v) is 11.0. The van der Waals surface area contributed by atoms with Gasteiger partial charge in [0.15, 0.2) is 0 Å². The zero-order chi connectivity index (χ0) is 12.3. The highest BCUT2D eigenvalue weighted by atomic mass is 32.2. The molecule has 0 unspecified atom stereocenters. The minimum Gasteiger partial charge on any atom is -0.320 e. The van der Waals surface area contributed by atoms with E-state index in [0.29, 0.717) is 12.0 Å². The summed E-state index contributed by atoms with van der Waals surface area (Å²) in [6.07, 6.45) is 0.372. The lowest BCUT2D eigenvalue weighted by atomic mass is 9.93. The maximum absolute atomic E-state index is 11.7. The summed E-state index contributed by atoms with van der Waals surface area (Å²) in [7, 11) is 0. The van der Waals surface area contributed by atoms with Crippen LogP contribution in [0.1, 0.15) is 24.1 Å². The molecule has 1 atom stereocenters. The van der Waals surface area contributed by atoms with Crippen molar-refractivity contribution < 1.29 is 4.79 Å². The smallest absolute Gasteiger partial charge is 0.225 e. The number of nitrogens with zero attached hydrogens (tertiary/aromatic N) is 1. The van der Waals surface area contributed by atoms with Crippen LogP contribution in [0.15, 0.2) is 28.1 Å². The molecule has 1 amide bonds. The Hall–Kier alpha value is -1.25. The Balaban J connectivity index is 2.40. The lowest BCUT2D eigenvalue weighted by molar-refractivity contribution is -0.120. The van der Waals surface area contributed by atoms with Gasteiger partial charge in [-0.05, 0) is 17.2 Å². The molecule has 5 heteroatoms. The van der Waals surface area contributed by atoms with Gasteiger partial charge in [0.05, 0.1) is 16.7 Å². The van der Waals surface area contributed by atoms with E-state index < -0.39 is 0 Å². The van der Waals surface area contributed by atoms with Crippen LogP contribution in [-0.4, -0.2) is 11.7 Å². The van der Waals surface area contributed by atoms with Crippen molar-refractivity contribution in [2.45, 2.75) is 19.3 Å². The number of carbonyl (C=O) groups excluding carboxylic acids is 1. The van der Waals surface area contributed by atoms with Crippen molar-refractivity contribution in [1.29, 1.82) is 5.26 Å². The summed E-state index contributed by atoms with van der Waals surface area (Å²) in [5.74, 6) is 0.777. The minimum atomic E-state index is -0.0669. The molecule has 0 aliphatic carbocycles. The standard InChI is InChI=1S/C12H12N2OS2/c1-2-16-12-9(7-13)8(6-11(15)14-12)10-4-3-5-17-10/h3-5,8H,2,6H2,1H3,(H,14,15)/t8-/m0/s1. The van der Waals surface area contributed by atoms with E-state index in [1.807, 2.05) is 24.4 Å². The number of nitrogens with one attached hydrogen (secondary N) is 1. The van der Waals surface area contributed by atoms with Crippen molar-refractivity contribution in [3.63, 3.8) is 0 Å². The molecule has 0 aromatic carbocycles. The van der Waals surface area contributed by atoms with Gasteiger partial charge in [-0.15, -0.1) is 23.1 Å². The van der Waals surface area contributed by atoms with Crippen LogP contribution in [0.25, 0.3) is 0 Å². The van der Waals surface area contributed by atoms with Crippen LogP contribution in [0.3, 0.4) is 0 Å². The second-order valence-corrected chi connectivity index (χ2v) is 5.86. The molecule has 3 nitrogen and oxygen atoms in total. The van der Waals surface area contributed by atoms with Crippen LogP contribution >= 0.6 is 23.1 Å². The first-order valence-electron chi connectivity index (χ1n) is 5.36. The van der Waals surface area contributed by atoms with E-state index in [0.717, 1.165) is 15.7 Å². The molecular weight excluding hydrogens is 252 g/mol. The Labute approximate surface area is 109 Å². The largest absolute Gasteiger partial charge is 0.320 e. The molecule has 1 N–H and O–H groups in total. The van der Waals surface area contributed by atoms with E-state index in [1.54, 1.807) is 11.3 Å². The van der Waals surface area contributed by atoms with Crippen molar-refractivity contribution in [2.24, 2.45) is 0 Å². The van der Waals surface area contributed by atoms with Crippen molar-refractivity contribution in [1.82, 2.24) is 5.32 Å². The zero-order valence-electron chi connectivity index (χ0n) is 9.40. The van der Waals surface area contributed by atoms with E-state index in [2.05, 4.69) is 11.4 Å². The van der Waals surface area contributed by atoms with Crippen LogP contribution in [0.5, 0.6) is 0 Å². The number of carbonyl (C=O) groups is 1. The number of allylic oxidation sites excluding steroid dienone is 1. The molecular formula is C12H12N2OS2. The van der Waals surface area contributed by atoms with E-state index in [4.69, 9.17) is 0 Å². The highest BCUT2D eigenvalue weighted by Crippen LogP contribution is 2.37. The average Bonchev–Trinajstić information content (AvgIpc) is 2.82. The molecule has 0 fully saturated rings. The van der Waals surface area contributed by atoms with Gasteiger partial charge in [0, 0.05) is 17.2 Å². The molecule has 2 heterocycles. The molecule has 1 aromatic rings. The van der Waals surface area contributed by atoms with Gasteiger partial charge in [-0.1, -0.05) is 13.0 Å². The predicted molar refractivity (Wildman–Crippen MR) is 70.6 cm³/mol. The molecule has 1 aliphatic heterocycles. The topological polar surface area (TPSA) is 52.9 Å². The van der Waals surface area contributed by atoms with E-state index in [9.17, 15) is 10.1 Å². The summed E-state index contributed by atoms with van der Waals surface area (Å²) in [6.45, 7) is 2.01. The number of rotatable bonds is 3. The SMILES string of the molecule is CCSC1=C(C#N)[C@@H](c2cccs2)CC(=O)N1. The maximum Gasteiger partial charge on any atom is 0.225 e. The van der Waals surface area contributed by atoms with Gasteiger partial charge in [-0.25, -0.2) is 0 Å². The van der Waals surface area contributed by atoms with Gasteiger partial charge in [0.1, 0.15) is 0 Å². The molecule has 0 saturated carbocycles. The molecule has 0 radical (unpaired) electrons. The third-order valence-corrected chi connectivity index (χ3v) is 4.42. The fourth-order valence-electron chi connectivity index (χ4n) is 1.81. The van der Waals surface area contributed by atoms with E-state index in [1.165, 1.54) is 11.8 Å². The summed E-state index contributed by atoms with van der Waals surface area (Å²) in [5, 5.41) is 14.8. The molecule has 0 bridgehead atoms. The van der Waals surface area contributed by atoms with Gasteiger partial charge in [0.2, 0.25) is 5.91 Å². The first-order chi connectivity index (χ1) is 8.26. The lowest BCUT2D eigenvalue weighted by Gasteiger charge is -2.23. The summed E-state index contributed by atoms with van der Waals surface area (Å²) in [6, 6.07) is 6.19. The number of thioether (sulfide) groups is 1. The van der Waals surface area contributed by atoms with Crippen LogP contribution in [-0.2, 0) is 4.79 Å². The Morgan fingerprint density at radius 3 is 3.12 bits per heavy atom. The van der Waals surface area contributed by atoms with Crippen molar-refractivity contribution in [3.05, 3.63) is 33.0 Å². The first kappa shape index (κ1) is 12.2. The quantitative estimate of drug-likeness (QED) is 0.913. The van der Waals surface area contributed by atoms with Gasteiger partial charge in [0.25, 0.3) is 0 Å². The highest BCUT2D eigenvalue weighted by Gasteiger charge is 2.29. The Morgan fingerprint density at radius 2 is 2.53 bits per heavy atom. The summed E-state index contributed by atoms with van der Waals surface area (Å²) in [4.78, 5) is 12.7. The average molecular weight is 264 g/mol. The monoisotopic (exact) mass is 264 g/mol. The van der Waals surface area contributed by atoms with Gasteiger partial charge >= 0.3 is 0 Å². The summed E-state index contributed by atoms with van der Waals surface area (Å²) < 4.78 is 0. The minimum absolute atomic E-state index is 0.00153. The second kappa shape index (κ2) is 5.39. The normalized spacial score (nSPS) is 20.0. The van der Waals surface area contributed by atoms with Crippen molar-refractivity contribution in [3.8, 4) is 6.07 Å².